The van der Waals surface area contributed by atoms with Gasteiger partial charge >= 0.3 is 0 Å². The highest BCUT2D eigenvalue weighted by molar-refractivity contribution is 7.98. The van der Waals surface area contributed by atoms with Gasteiger partial charge in [0.2, 0.25) is 0 Å². The van der Waals surface area contributed by atoms with Crippen LogP contribution in [0.5, 0.6) is 5.75 Å². The summed E-state index contributed by atoms with van der Waals surface area (Å²) in [6.45, 7) is 0.164. The van der Waals surface area contributed by atoms with E-state index in [1.165, 1.54) is 17.8 Å². The first-order valence-electron chi connectivity index (χ1n) is 3.68. The largest absolute Gasteiger partial charge is 0.480 e. The van der Waals surface area contributed by atoms with E-state index in [0.29, 0.717) is 10.6 Å². The molecule has 0 radical (unpaired) electrons. The van der Waals surface area contributed by atoms with Crippen molar-refractivity contribution in [3.63, 3.8) is 0 Å². The summed E-state index contributed by atoms with van der Waals surface area (Å²) < 4.78 is 18.3. The fourth-order valence-electron chi connectivity index (χ4n) is 0.920. The molecule has 1 rings (SSSR count). The molecule has 68 valence electrons. The molecule has 0 aromatic heterocycles. The van der Waals surface area contributed by atoms with E-state index in [9.17, 15) is 4.39 Å². The molecule has 0 atom stereocenters. The van der Waals surface area contributed by atoms with Crippen LogP contribution in [0.2, 0.25) is 0 Å². The zero-order chi connectivity index (χ0) is 9.68. The summed E-state index contributed by atoms with van der Waals surface area (Å²) >= 11 is 1.30. The average Bonchev–Trinajstić information content (AvgIpc) is 2.15. The highest BCUT2D eigenvalue weighted by Gasteiger charge is 2.07. The monoisotopic (exact) mass is 196 g/mol. The highest BCUT2D eigenvalue weighted by atomic mass is 32.2. The van der Waals surface area contributed by atoms with Crippen LogP contribution in [-0.4, -0.2) is 12.9 Å². The molecule has 3 heteroatoms. The van der Waals surface area contributed by atoms with Gasteiger partial charge in [-0.25, -0.2) is 4.39 Å². The van der Waals surface area contributed by atoms with E-state index in [2.05, 4.69) is 5.92 Å². The third kappa shape index (κ3) is 2.40. The Morgan fingerprint density at radius 3 is 3.00 bits per heavy atom. The van der Waals surface area contributed by atoms with Crippen LogP contribution in [0.3, 0.4) is 0 Å². The van der Waals surface area contributed by atoms with Gasteiger partial charge in [0.15, 0.2) is 0 Å². The maximum atomic E-state index is 13.1. The molecule has 1 aromatic rings. The third-order valence-electron chi connectivity index (χ3n) is 1.45. The predicted molar refractivity (Wildman–Crippen MR) is 52.5 cm³/mol. The van der Waals surface area contributed by atoms with Gasteiger partial charge in [0, 0.05) is 0 Å². The summed E-state index contributed by atoms with van der Waals surface area (Å²) in [5, 5.41) is 0. The van der Waals surface area contributed by atoms with Crippen LogP contribution < -0.4 is 4.74 Å². The van der Waals surface area contributed by atoms with Crippen LogP contribution >= 0.6 is 11.8 Å². The molecule has 0 aliphatic heterocycles. The van der Waals surface area contributed by atoms with E-state index in [-0.39, 0.29) is 12.4 Å². The number of hydrogen-bond acceptors (Lipinski definition) is 2. The van der Waals surface area contributed by atoms with Gasteiger partial charge in [0.05, 0.1) is 4.90 Å². The van der Waals surface area contributed by atoms with Crippen LogP contribution in [-0.2, 0) is 0 Å². The molecule has 1 nitrogen and oxygen atoms in total. The molecule has 0 aliphatic carbocycles. The predicted octanol–water partition coefficient (Wildman–Crippen LogP) is 2.56. The van der Waals surface area contributed by atoms with Crippen molar-refractivity contribution in [2.45, 2.75) is 4.90 Å². The fourth-order valence-corrected chi connectivity index (χ4v) is 1.51. The Labute approximate surface area is 81.3 Å². The van der Waals surface area contributed by atoms with E-state index >= 15 is 0 Å². The van der Waals surface area contributed by atoms with Gasteiger partial charge in [-0.1, -0.05) is 12.0 Å². The smallest absolute Gasteiger partial charge is 0.148 e. The van der Waals surface area contributed by atoms with Crippen molar-refractivity contribution in [1.29, 1.82) is 0 Å². The van der Waals surface area contributed by atoms with Gasteiger partial charge in [-0.05, 0) is 18.4 Å². The topological polar surface area (TPSA) is 9.23 Å². The third-order valence-corrected chi connectivity index (χ3v) is 2.25. The number of ether oxygens (including phenoxy) is 1. The Bertz CT molecular complexity index is 330. The second kappa shape index (κ2) is 4.78. The van der Waals surface area contributed by atoms with Gasteiger partial charge in [0.25, 0.3) is 0 Å². The van der Waals surface area contributed by atoms with E-state index in [0.717, 1.165) is 0 Å². The molecule has 0 unspecified atom stereocenters. The first-order valence-corrected chi connectivity index (χ1v) is 4.91. The second-order valence-electron chi connectivity index (χ2n) is 2.26. The number of hydrogen-bond donors (Lipinski definition) is 0. The van der Waals surface area contributed by atoms with E-state index in [4.69, 9.17) is 11.2 Å². The SMILES string of the molecule is C#CCOc1cccc(F)c1SC. The maximum absolute atomic E-state index is 13.1. The lowest BCUT2D eigenvalue weighted by atomic mass is 10.3. The summed E-state index contributed by atoms with van der Waals surface area (Å²) in [7, 11) is 0. The van der Waals surface area contributed by atoms with Crippen LogP contribution in [0.25, 0.3) is 0 Å². The van der Waals surface area contributed by atoms with E-state index in [1.807, 2.05) is 0 Å². The molecule has 0 fully saturated rings. The molecule has 13 heavy (non-hydrogen) atoms. The minimum atomic E-state index is -0.276. The Morgan fingerprint density at radius 2 is 2.38 bits per heavy atom. The Balaban J connectivity index is 2.93. The van der Waals surface area contributed by atoms with Gasteiger partial charge in [-0.15, -0.1) is 18.2 Å². The molecule has 0 bridgehead atoms. The average molecular weight is 196 g/mol. The molecule has 0 aliphatic rings. The number of terminal acetylenes is 1. The molecule has 1 aromatic carbocycles. The van der Waals surface area contributed by atoms with E-state index in [1.54, 1.807) is 18.4 Å². The van der Waals surface area contributed by atoms with Gasteiger partial charge in [0.1, 0.15) is 18.2 Å². The summed E-state index contributed by atoms with van der Waals surface area (Å²) in [6, 6.07) is 4.70. The van der Waals surface area contributed by atoms with Crippen LogP contribution in [0.4, 0.5) is 4.39 Å². The van der Waals surface area contributed by atoms with Crippen LogP contribution in [0.15, 0.2) is 23.1 Å². The van der Waals surface area contributed by atoms with Gasteiger partial charge < -0.3 is 4.74 Å². The highest BCUT2D eigenvalue weighted by Crippen LogP contribution is 2.29. The van der Waals surface area contributed by atoms with Crippen molar-refractivity contribution in [1.82, 2.24) is 0 Å². The molecule has 0 heterocycles. The normalized spacial score (nSPS) is 9.31. The minimum absolute atomic E-state index is 0.164. The molecule has 0 spiro atoms. The number of benzene rings is 1. The lowest BCUT2D eigenvalue weighted by molar-refractivity contribution is 0.356. The summed E-state index contributed by atoms with van der Waals surface area (Å²) in [5.74, 6) is 2.56. The Hall–Kier alpha value is -1.14. The van der Waals surface area contributed by atoms with Crippen LogP contribution in [0, 0.1) is 18.2 Å². The molecule has 0 saturated heterocycles. The number of rotatable bonds is 3. The Morgan fingerprint density at radius 1 is 1.62 bits per heavy atom. The first-order chi connectivity index (χ1) is 6.29. The van der Waals surface area contributed by atoms with Crippen LogP contribution in [0.1, 0.15) is 0 Å². The van der Waals surface area contributed by atoms with Crippen molar-refractivity contribution >= 4 is 11.8 Å². The molecular formula is C10H9FOS. The van der Waals surface area contributed by atoms with Crippen molar-refractivity contribution in [3.05, 3.63) is 24.0 Å². The number of thioether (sulfide) groups is 1. The summed E-state index contributed by atoms with van der Waals surface area (Å²) in [5.41, 5.74) is 0. The maximum Gasteiger partial charge on any atom is 0.148 e. The van der Waals surface area contributed by atoms with Gasteiger partial charge in [-0.2, -0.15) is 0 Å². The molecule has 0 N–H and O–H groups in total. The fraction of sp³-hybridized carbons (Fsp3) is 0.200. The van der Waals surface area contributed by atoms with Crippen molar-refractivity contribution in [2.75, 3.05) is 12.9 Å². The minimum Gasteiger partial charge on any atom is -0.480 e. The lowest BCUT2D eigenvalue weighted by Crippen LogP contribution is -1.96. The van der Waals surface area contributed by atoms with Crippen molar-refractivity contribution in [2.24, 2.45) is 0 Å². The van der Waals surface area contributed by atoms with Crippen molar-refractivity contribution < 1.29 is 9.13 Å². The number of halogens is 1. The quantitative estimate of drug-likeness (QED) is 0.542. The zero-order valence-electron chi connectivity index (χ0n) is 7.21. The standard InChI is InChI=1S/C10H9FOS/c1-3-7-12-9-6-4-5-8(11)10(9)13-2/h1,4-6H,7H2,2H3. The second-order valence-corrected chi connectivity index (χ2v) is 3.08. The Kier molecular flexibility index (Phi) is 3.66. The molecule has 0 saturated carbocycles. The van der Waals surface area contributed by atoms with Crippen molar-refractivity contribution in [3.8, 4) is 18.1 Å². The van der Waals surface area contributed by atoms with E-state index < -0.39 is 0 Å². The molecular weight excluding hydrogens is 187 g/mol. The lowest BCUT2D eigenvalue weighted by Gasteiger charge is -2.07. The zero-order valence-corrected chi connectivity index (χ0v) is 8.03. The summed E-state index contributed by atoms with van der Waals surface area (Å²) in [6.07, 6.45) is 6.82. The molecule has 0 amide bonds. The first kappa shape index (κ1) is 9.94. The summed E-state index contributed by atoms with van der Waals surface area (Å²) in [4.78, 5) is 0.498. The van der Waals surface area contributed by atoms with Gasteiger partial charge in [-0.3, -0.25) is 0 Å².